The van der Waals surface area contributed by atoms with E-state index in [4.69, 9.17) is 16.3 Å². The van der Waals surface area contributed by atoms with Crippen LogP contribution in [0, 0.1) is 5.82 Å². The molecule has 0 amide bonds. The second-order valence-electron chi connectivity index (χ2n) is 3.19. The molecule has 0 radical (unpaired) electrons. The van der Waals surface area contributed by atoms with E-state index in [0.29, 0.717) is 21.7 Å². The summed E-state index contributed by atoms with van der Waals surface area (Å²) in [6.07, 6.45) is 3.18. The molecule has 0 N–H and O–H groups in total. The molecule has 1 aromatic carbocycles. The number of ether oxygens (including phenoxy) is 1. The van der Waals surface area contributed by atoms with E-state index < -0.39 is 5.82 Å². The normalized spacial score (nSPS) is 10.8. The van der Waals surface area contributed by atoms with Gasteiger partial charge < -0.3 is 4.74 Å². The van der Waals surface area contributed by atoms with Gasteiger partial charge in [0.25, 0.3) is 0 Å². The van der Waals surface area contributed by atoms with Crippen LogP contribution in [0.3, 0.4) is 0 Å². The monoisotopic (exact) mass is 320 g/mol. The molecule has 5 heteroatoms. The van der Waals surface area contributed by atoms with Crippen LogP contribution in [-0.2, 0) is 9.53 Å². The highest BCUT2D eigenvalue weighted by Crippen LogP contribution is 2.26. The average molecular weight is 322 g/mol. The highest BCUT2D eigenvalue weighted by Gasteiger charge is 2.06. The number of esters is 1. The first kappa shape index (κ1) is 14.2. The molecule has 0 aliphatic rings. The molecule has 1 aromatic rings. The van der Waals surface area contributed by atoms with Crippen LogP contribution in [0.2, 0.25) is 5.02 Å². The summed E-state index contributed by atoms with van der Waals surface area (Å²) >= 11 is 8.88. The molecule has 0 spiro atoms. The van der Waals surface area contributed by atoms with Crippen molar-refractivity contribution in [1.82, 2.24) is 0 Å². The van der Waals surface area contributed by atoms with Crippen LogP contribution in [0.5, 0.6) is 0 Å². The first-order valence-electron chi connectivity index (χ1n) is 5.01. The first-order valence-corrected chi connectivity index (χ1v) is 6.18. The summed E-state index contributed by atoms with van der Waals surface area (Å²) in [6, 6.07) is 2.81. The molecular weight excluding hydrogens is 310 g/mol. The Kier molecular flexibility index (Phi) is 5.65. The van der Waals surface area contributed by atoms with E-state index in [1.807, 2.05) is 0 Å². The minimum Gasteiger partial charge on any atom is -0.466 e. The molecule has 0 saturated carbocycles. The Morgan fingerprint density at radius 1 is 1.59 bits per heavy atom. The van der Waals surface area contributed by atoms with E-state index in [2.05, 4.69) is 15.9 Å². The minimum atomic E-state index is -0.440. The zero-order valence-corrected chi connectivity index (χ0v) is 11.5. The molecule has 0 heterocycles. The highest BCUT2D eigenvalue weighted by molar-refractivity contribution is 9.10. The number of hydrogen-bond acceptors (Lipinski definition) is 2. The maximum Gasteiger partial charge on any atom is 0.309 e. The molecule has 0 aromatic heterocycles. The van der Waals surface area contributed by atoms with Crippen LogP contribution in [0.4, 0.5) is 4.39 Å². The van der Waals surface area contributed by atoms with Crippen LogP contribution < -0.4 is 0 Å². The van der Waals surface area contributed by atoms with Crippen LogP contribution in [0.25, 0.3) is 6.08 Å². The van der Waals surface area contributed by atoms with Gasteiger partial charge in [0, 0.05) is 15.1 Å². The average Bonchev–Trinajstić information content (AvgIpc) is 2.22. The summed E-state index contributed by atoms with van der Waals surface area (Å²) in [5, 5.41) is 0.317. The fourth-order valence-electron chi connectivity index (χ4n) is 1.21. The SMILES string of the molecule is CCOC(=O)CC=Cc1c(F)cc(Cl)cc1Br. The summed E-state index contributed by atoms with van der Waals surface area (Å²) in [5.74, 6) is -0.779. The minimum absolute atomic E-state index is 0.113. The third kappa shape index (κ3) is 4.48. The van der Waals surface area contributed by atoms with E-state index in [9.17, 15) is 9.18 Å². The number of carbonyl (C=O) groups excluding carboxylic acids is 1. The predicted octanol–water partition coefficient (Wildman–Crippen LogP) is 4.21. The Hall–Kier alpha value is -0.870. The zero-order chi connectivity index (χ0) is 12.8. The van der Waals surface area contributed by atoms with Gasteiger partial charge in [-0.2, -0.15) is 0 Å². The van der Waals surface area contributed by atoms with Crippen molar-refractivity contribution in [3.05, 3.63) is 39.1 Å². The van der Waals surface area contributed by atoms with Gasteiger partial charge in [0.2, 0.25) is 0 Å². The maximum atomic E-state index is 13.5. The van der Waals surface area contributed by atoms with Crippen LogP contribution in [0.15, 0.2) is 22.7 Å². The van der Waals surface area contributed by atoms with Crippen molar-refractivity contribution in [2.75, 3.05) is 6.61 Å². The van der Waals surface area contributed by atoms with Gasteiger partial charge in [-0.05, 0) is 19.1 Å². The molecule has 0 fully saturated rings. The molecule has 2 nitrogen and oxygen atoms in total. The van der Waals surface area contributed by atoms with Gasteiger partial charge >= 0.3 is 5.97 Å². The molecule has 92 valence electrons. The number of halogens is 3. The smallest absolute Gasteiger partial charge is 0.309 e. The van der Waals surface area contributed by atoms with Gasteiger partial charge in [-0.1, -0.05) is 39.7 Å². The largest absolute Gasteiger partial charge is 0.466 e. The van der Waals surface area contributed by atoms with Gasteiger partial charge in [0.1, 0.15) is 5.82 Å². The molecule has 0 saturated heterocycles. The lowest BCUT2D eigenvalue weighted by Crippen LogP contribution is -2.01. The lowest BCUT2D eigenvalue weighted by atomic mass is 10.2. The fraction of sp³-hybridized carbons (Fsp3) is 0.250. The number of benzene rings is 1. The van der Waals surface area contributed by atoms with E-state index in [0.717, 1.165) is 0 Å². The molecule has 0 bridgehead atoms. The summed E-state index contributed by atoms with van der Waals surface area (Å²) in [4.78, 5) is 11.1. The van der Waals surface area contributed by atoms with Crippen molar-refractivity contribution in [2.45, 2.75) is 13.3 Å². The van der Waals surface area contributed by atoms with Crippen LogP contribution >= 0.6 is 27.5 Å². The quantitative estimate of drug-likeness (QED) is 0.777. The lowest BCUT2D eigenvalue weighted by molar-refractivity contribution is -0.142. The highest BCUT2D eigenvalue weighted by atomic mass is 79.9. The van der Waals surface area contributed by atoms with Crippen LogP contribution in [0.1, 0.15) is 18.9 Å². The Morgan fingerprint density at radius 3 is 2.88 bits per heavy atom. The summed E-state index contributed by atoms with van der Waals surface area (Å²) in [5.41, 5.74) is 0.360. The van der Waals surface area contributed by atoms with E-state index in [-0.39, 0.29) is 12.4 Å². The molecule has 0 aliphatic carbocycles. The van der Waals surface area contributed by atoms with Gasteiger partial charge in [-0.15, -0.1) is 0 Å². The number of rotatable bonds is 4. The van der Waals surface area contributed by atoms with Crippen molar-refractivity contribution in [3.63, 3.8) is 0 Å². The van der Waals surface area contributed by atoms with Crippen molar-refractivity contribution in [2.24, 2.45) is 0 Å². The zero-order valence-electron chi connectivity index (χ0n) is 9.17. The van der Waals surface area contributed by atoms with Crippen molar-refractivity contribution >= 4 is 39.6 Å². The second-order valence-corrected chi connectivity index (χ2v) is 4.49. The predicted molar refractivity (Wildman–Crippen MR) is 69.4 cm³/mol. The van der Waals surface area contributed by atoms with Crippen LogP contribution in [-0.4, -0.2) is 12.6 Å². The Bertz CT molecular complexity index is 423. The van der Waals surface area contributed by atoms with E-state index in [1.54, 1.807) is 19.1 Å². The molecular formula is C12H11BrClFO2. The molecule has 17 heavy (non-hydrogen) atoms. The van der Waals surface area contributed by atoms with Crippen molar-refractivity contribution in [1.29, 1.82) is 0 Å². The van der Waals surface area contributed by atoms with Crippen molar-refractivity contribution in [3.8, 4) is 0 Å². The third-order valence-electron chi connectivity index (χ3n) is 1.92. The Balaban J connectivity index is 2.75. The fourth-order valence-corrected chi connectivity index (χ4v) is 2.11. The second kappa shape index (κ2) is 6.77. The molecule has 0 aliphatic heterocycles. The van der Waals surface area contributed by atoms with Crippen molar-refractivity contribution < 1.29 is 13.9 Å². The van der Waals surface area contributed by atoms with Gasteiger partial charge in [0.05, 0.1) is 13.0 Å². The number of hydrogen-bond donors (Lipinski definition) is 0. The topological polar surface area (TPSA) is 26.3 Å². The first-order chi connectivity index (χ1) is 8.04. The van der Waals surface area contributed by atoms with Gasteiger partial charge in [0.15, 0.2) is 0 Å². The summed E-state index contributed by atoms with van der Waals surface area (Å²) < 4.78 is 18.8. The molecule has 0 unspecified atom stereocenters. The van der Waals surface area contributed by atoms with Gasteiger partial charge in [-0.3, -0.25) is 4.79 Å². The standard InChI is InChI=1S/C12H11BrClFO2/c1-2-17-12(16)5-3-4-9-10(13)6-8(14)7-11(9)15/h3-4,6-7H,2,5H2,1H3. The molecule has 0 atom stereocenters. The summed E-state index contributed by atoms with van der Waals surface area (Å²) in [7, 11) is 0. The lowest BCUT2D eigenvalue weighted by Gasteiger charge is -2.02. The third-order valence-corrected chi connectivity index (χ3v) is 2.79. The Labute approximate surface area is 113 Å². The number of carbonyl (C=O) groups is 1. The van der Waals surface area contributed by atoms with E-state index in [1.165, 1.54) is 12.1 Å². The Morgan fingerprint density at radius 2 is 2.29 bits per heavy atom. The van der Waals surface area contributed by atoms with Gasteiger partial charge in [-0.25, -0.2) is 4.39 Å². The maximum absolute atomic E-state index is 13.5. The van der Waals surface area contributed by atoms with E-state index >= 15 is 0 Å². The summed E-state index contributed by atoms with van der Waals surface area (Å²) in [6.45, 7) is 2.07. The molecule has 1 rings (SSSR count).